The third-order valence-electron chi connectivity index (χ3n) is 5.39. The van der Waals surface area contributed by atoms with Crippen molar-refractivity contribution in [1.29, 1.82) is 0 Å². The zero-order valence-electron chi connectivity index (χ0n) is 15.6. The lowest BCUT2D eigenvalue weighted by molar-refractivity contribution is -0.154. The van der Waals surface area contributed by atoms with Gasteiger partial charge in [-0.3, -0.25) is 14.3 Å². The number of carbonyl (C=O) groups excluding carboxylic acids is 2. The summed E-state index contributed by atoms with van der Waals surface area (Å²) in [6.07, 6.45) is 7.11. The van der Waals surface area contributed by atoms with Crippen LogP contribution in [0, 0.1) is 5.92 Å². The van der Waals surface area contributed by atoms with E-state index in [0.29, 0.717) is 51.9 Å². The van der Waals surface area contributed by atoms with E-state index >= 15 is 0 Å². The first-order valence-electron chi connectivity index (χ1n) is 9.81. The Labute approximate surface area is 159 Å². The summed E-state index contributed by atoms with van der Waals surface area (Å²) in [5, 5.41) is 15.8. The van der Waals surface area contributed by atoms with E-state index in [1.807, 2.05) is 4.90 Å². The molecule has 0 spiro atoms. The molecule has 0 bridgehead atoms. The van der Waals surface area contributed by atoms with Crippen molar-refractivity contribution in [2.24, 2.45) is 5.92 Å². The Morgan fingerprint density at radius 1 is 1.30 bits per heavy atom. The average molecular weight is 379 g/mol. The first kappa shape index (κ1) is 19.8. The summed E-state index contributed by atoms with van der Waals surface area (Å²) in [6, 6.07) is -0.0278. The van der Waals surface area contributed by atoms with E-state index in [1.165, 1.54) is 6.33 Å². The molecule has 1 saturated carbocycles. The fourth-order valence-corrected chi connectivity index (χ4v) is 3.98. The zero-order chi connectivity index (χ0) is 19.1. The molecule has 1 saturated heterocycles. The summed E-state index contributed by atoms with van der Waals surface area (Å²) in [6.45, 7) is 2.37. The van der Waals surface area contributed by atoms with Crippen LogP contribution < -0.4 is 5.32 Å². The third-order valence-corrected chi connectivity index (χ3v) is 5.39. The van der Waals surface area contributed by atoms with Crippen LogP contribution in [-0.2, 0) is 20.9 Å². The van der Waals surface area contributed by atoms with Crippen LogP contribution in [0.3, 0.4) is 0 Å². The van der Waals surface area contributed by atoms with Gasteiger partial charge in [0.2, 0.25) is 11.8 Å². The molecular formula is C18H29N5O4. The van der Waals surface area contributed by atoms with Gasteiger partial charge >= 0.3 is 0 Å². The number of hydrogen-bond acceptors (Lipinski definition) is 6. The van der Waals surface area contributed by atoms with E-state index in [1.54, 1.807) is 11.0 Å². The zero-order valence-corrected chi connectivity index (χ0v) is 15.6. The Hall–Kier alpha value is -2.00. The molecular weight excluding hydrogens is 350 g/mol. The van der Waals surface area contributed by atoms with Gasteiger partial charge in [0.25, 0.3) is 0 Å². The van der Waals surface area contributed by atoms with Gasteiger partial charge in [-0.15, -0.1) is 0 Å². The van der Waals surface area contributed by atoms with E-state index in [0.717, 1.165) is 12.8 Å². The smallest absolute Gasteiger partial charge is 0.223 e. The highest BCUT2D eigenvalue weighted by atomic mass is 16.5. The first-order chi connectivity index (χ1) is 13.2. The highest BCUT2D eigenvalue weighted by Crippen LogP contribution is 2.33. The van der Waals surface area contributed by atoms with Crippen LogP contribution in [-0.4, -0.2) is 75.0 Å². The summed E-state index contributed by atoms with van der Waals surface area (Å²) >= 11 is 0. The molecule has 0 aromatic carbocycles. The first-order valence-corrected chi connectivity index (χ1v) is 9.81. The van der Waals surface area contributed by atoms with Gasteiger partial charge in [-0.1, -0.05) is 0 Å². The molecule has 0 unspecified atom stereocenters. The van der Waals surface area contributed by atoms with Crippen molar-refractivity contribution in [2.45, 2.75) is 57.2 Å². The maximum absolute atomic E-state index is 12.8. The van der Waals surface area contributed by atoms with E-state index in [-0.39, 0.29) is 36.5 Å². The van der Waals surface area contributed by atoms with Crippen molar-refractivity contribution in [3.63, 3.8) is 0 Å². The molecule has 9 nitrogen and oxygen atoms in total. The van der Waals surface area contributed by atoms with Crippen LogP contribution in [0.1, 0.15) is 38.5 Å². The lowest BCUT2D eigenvalue weighted by atomic mass is 9.81. The van der Waals surface area contributed by atoms with Crippen LogP contribution in [0.4, 0.5) is 0 Å². The SMILES string of the molecule is O=C(NCCCO)[C@H]1CC[C@H]2OCCN(C(=O)CCCn3cncn3)[C@@H]2C1. The molecule has 2 amide bonds. The molecule has 150 valence electrons. The van der Waals surface area contributed by atoms with Crippen molar-refractivity contribution in [3.05, 3.63) is 12.7 Å². The molecule has 2 fully saturated rings. The number of carbonyl (C=O) groups is 2. The number of aliphatic hydroxyl groups excluding tert-OH is 1. The average Bonchev–Trinajstić information content (AvgIpc) is 3.20. The van der Waals surface area contributed by atoms with Gasteiger partial charge in [0, 0.05) is 38.6 Å². The lowest BCUT2D eigenvalue weighted by Gasteiger charge is -2.45. The second kappa shape index (κ2) is 9.80. The molecule has 2 aliphatic rings. The standard InChI is InChI=1S/C18H29N5O4/c24-9-2-6-20-18(26)14-4-5-16-15(11-14)23(8-10-27-16)17(25)3-1-7-22-13-19-12-21-22/h12-16,24H,1-11H2,(H,20,26)/t14-,15+,16+/m0/s1. The van der Waals surface area contributed by atoms with Gasteiger partial charge in [-0.2, -0.15) is 5.10 Å². The van der Waals surface area contributed by atoms with Gasteiger partial charge in [-0.25, -0.2) is 4.98 Å². The van der Waals surface area contributed by atoms with Gasteiger partial charge in [0.1, 0.15) is 12.7 Å². The number of morpholine rings is 1. The molecule has 27 heavy (non-hydrogen) atoms. The maximum atomic E-state index is 12.8. The molecule has 9 heteroatoms. The second-order valence-electron chi connectivity index (χ2n) is 7.20. The van der Waals surface area contributed by atoms with Crippen molar-refractivity contribution in [1.82, 2.24) is 25.0 Å². The summed E-state index contributed by atoms with van der Waals surface area (Å²) in [5.41, 5.74) is 0. The normalized spacial score (nSPS) is 25.1. The fourth-order valence-electron chi connectivity index (χ4n) is 3.98. The molecule has 0 radical (unpaired) electrons. The van der Waals surface area contributed by atoms with E-state index in [2.05, 4.69) is 15.4 Å². The van der Waals surface area contributed by atoms with Gasteiger partial charge in [0.15, 0.2) is 0 Å². The Morgan fingerprint density at radius 3 is 2.96 bits per heavy atom. The van der Waals surface area contributed by atoms with Gasteiger partial charge in [0.05, 0.1) is 18.8 Å². The second-order valence-corrected chi connectivity index (χ2v) is 7.20. The number of aliphatic hydroxyl groups is 1. The number of aromatic nitrogens is 3. The van der Waals surface area contributed by atoms with Gasteiger partial charge in [-0.05, 0) is 32.1 Å². The molecule has 1 aromatic heterocycles. The number of nitrogens with zero attached hydrogens (tertiary/aromatic N) is 4. The Balaban J connectivity index is 1.52. The predicted octanol–water partition coefficient (Wildman–Crippen LogP) is -0.0470. The molecule has 3 atom stereocenters. The quantitative estimate of drug-likeness (QED) is 0.613. The number of ether oxygens (including phenoxy) is 1. The topological polar surface area (TPSA) is 110 Å². The van der Waals surface area contributed by atoms with Crippen molar-refractivity contribution in [3.8, 4) is 0 Å². The molecule has 1 aliphatic carbocycles. The minimum Gasteiger partial charge on any atom is -0.396 e. The number of nitrogens with one attached hydrogen (secondary N) is 1. The molecule has 1 aliphatic heterocycles. The Bertz CT molecular complexity index is 609. The lowest BCUT2D eigenvalue weighted by Crippen LogP contribution is -2.57. The van der Waals surface area contributed by atoms with Crippen molar-refractivity contribution >= 4 is 11.8 Å². The Morgan fingerprint density at radius 2 is 2.19 bits per heavy atom. The number of aryl methyl sites for hydroxylation is 1. The monoisotopic (exact) mass is 379 g/mol. The van der Waals surface area contributed by atoms with Crippen LogP contribution in [0.5, 0.6) is 0 Å². The summed E-state index contributed by atoms with van der Waals surface area (Å²) in [5.74, 6) is 0.0397. The highest BCUT2D eigenvalue weighted by Gasteiger charge is 2.41. The molecule has 2 heterocycles. The summed E-state index contributed by atoms with van der Waals surface area (Å²) < 4.78 is 7.60. The van der Waals surface area contributed by atoms with E-state index < -0.39 is 0 Å². The van der Waals surface area contributed by atoms with Gasteiger partial charge < -0.3 is 20.1 Å². The van der Waals surface area contributed by atoms with Crippen LogP contribution in [0.2, 0.25) is 0 Å². The molecule has 2 N–H and O–H groups in total. The van der Waals surface area contributed by atoms with Crippen molar-refractivity contribution < 1.29 is 19.4 Å². The molecule has 3 rings (SSSR count). The number of amides is 2. The molecule has 1 aromatic rings. The predicted molar refractivity (Wildman–Crippen MR) is 96.6 cm³/mol. The number of fused-ring (bicyclic) bond motifs is 1. The van der Waals surface area contributed by atoms with Crippen molar-refractivity contribution in [2.75, 3.05) is 26.3 Å². The third kappa shape index (κ3) is 5.26. The largest absolute Gasteiger partial charge is 0.396 e. The van der Waals surface area contributed by atoms with E-state index in [9.17, 15) is 9.59 Å². The maximum Gasteiger partial charge on any atom is 0.223 e. The van der Waals surface area contributed by atoms with E-state index in [4.69, 9.17) is 9.84 Å². The summed E-state index contributed by atoms with van der Waals surface area (Å²) in [7, 11) is 0. The highest BCUT2D eigenvalue weighted by molar-refractivity contribution is 5.79. The fraction of sp³-hybridized carbons (Fsp3) is 0.778. The van der Waals surface area contributed by atoms with Crippen LogP contribution >= 0.6 is 0 Å². The number of rotatable bonds is 8. The van der Waals surface area contributed by atoms with Crippen LogP contribution in [0.25, 0.3) is 0 Å². The number of hydrogen-bond donors (Lipinski definition) is 2. The minimum atomic E-state index is -0.0999. The van der Waals surface area contributed by atoms with Crippen LogP contribution in [0.15, 0.2) is 12.7 Å². The Kier molecular flexibility index (Phi) is 7.17. The summed E-state index contributed by atoms with van der Waals surface area (Å²) in [4.78, 5) is 31.0. The minimum absolute atomic E-state index is 0.0195.